The second-order valence-electron chi connectivity index (χ2n) is 4.31. The molecule has 0 saturated carbocycles. The SMILES string of the molecule is CCOC(=O)/C=C1\SCC(=O)N1CCOC(=O)c1ccc(Cl)s1. The lowest BCUT2D eigenvalue weighted by atomic mass is 10.4. The van der Waals surface area contributed by atoms with Gasteiger partial charge in [0, 0.05) is 0 Å². The minimum Gasteiger partial charge on any atom is -0.463 e. The molecule has 1 saturated heterocycles. The minimum atomic E-state index is -0.500. The van der Waals surface area contributed by atoms with E-state index in [2.05, 4.69) is 0 Å². The number of hydrogen-bond donors (Lipinski definition) is 0. The summed E-state index contributed by atoms with van der Waals surface area (Å²) in [7, 11) is 0. The summed E-state index contributed by atoms with van der Waals surface area (Å²) in [6.45, 7) is 2.18. The number of carbonyl (C=O) groups excluding carboxylic acids is 3. The molecule has 2 heterocycles. The molecule has 1 aliphatic heterocycles. The maximum absolute atomic E-state index is 11.8. The smallest absolute Gasteiger partial charge is 0.348 e. The zero-order valence-electron chi connectivity index (χ0n) is 12.2. The molecule has 0 radical (unpaired) electrons. The summed E-state index contributed by atoms with van der Waals surface area (Å²) in [5, 5.41) is 0.503. The van der Waals surface area contributed by atoms with Gasteiger partial charge in [-0.3, -0.25) is 4.79 Å². The van der Waals surface area contributed by atoms with E-state index < -0.39 is 11.9 Å². The van der Waals surface area contributed by atoms with Gasteiger partial charge in [-0.25, -0.2) is 9.59 Å². The molecule has 23 heavy (non-hydrogen) atoms. The van der Waals surface area contributed by atoms with Crippen molar-refractivity contribution < 1.29 is 23.9 Å². The van der Waals surface area contributed by atoms with Crippen molar-refractivity contribution in [2.75, 3.05) is 25.5 Å². The Balaban J connectivity index is 1.88. The van der Waals surface area contributed by atoms with Crippen molar-refractivity contribution in [2.24, 2.45) is 0 Å². The van der Waals surface area contributed by atoms with Crippen molar-refractivity contribution in [2.45, 2.75) is 6.92 Å². The quantitative estimate of drug-likeness (QED) is 0.562. The third kappa shape index (κ3) is 4.98. The van der Waals surface area contributed by atoms with E-state index in [9.17, 15) is 14.4 Å². The van der Waals surface area contributed by atoms with Gasteiger partial charge in [-0.05, 0) is 19.1 Å². The number of nitrogens with zero attached hydrogens (tertiary/aromatic N) is 1. The van der Waals surface area contributed by atoms with Gasteiger partial charge in [-0.15, -0.1) is 11.3 Å². The van der Waals surface area contributed by atoms with E-state index in [0.29, 0.717) is 14.2 Å². The molecule has 0 spiro atoms. The molecule has 0 N–H and O–H groups in total. The molecule has 124 valence electrons. The van der Waals surface area contributed by atoms with E-state index >= 15 is 0 Å². The Labute approximate surface area is 146 Å². The van der Waals surface area contributed by atoms with Crippen LogP contribution in [0.1, 0.15) is 16.6 Å². The molecule has 0 aliphatic carbocycles. The number of ether oxygens (including phenoxy) is 2. The molecule has 2 rings (SSSR count). The topological polar surface area (TPSA) is 72.9 Å². The van der Waals surface area contributed by atoms with E-state index in [1.165, 1.54) is 22.7 Å². The maximum Gasteiger partial charge on any atom is 0.348 e. The molecule has 0 aromatic carbocycles. The first-order chi connectivity index (χ1) is 11.0. The van der Waals surface area contributed by atoms with Gasteiger partial charge in [-0.1, -0.05) is 23.4 Å². The van der Waals surface area contributed by atoms with Crippen LogP contribution in [-0.2, 0) is 19.1 Å². The van der Waals surface area contributed by atoms with Crippen LogP contribution in [0.2, 0.25) is 4.34 Å². The van der Waals surface area contributed by atoms with Crippen LogP contribution in [0.25, 0.3) is 0 Å². The third-order valence-electron chi connectivity index (χ3n) is 2.76. The van der Waals surface area contributed by atoms with E-state index in [1.54, 1.807) is 19.1 Å². The van der Waals surface area contributed by atoms with Crippen LogP contribution in [0, 0.1) is 0 Å². The van der Waals surface area contributed by atoms with Crippen molar-refractivity contribution in [3.8, 4) is 0 Å². The molecule has 1 amide bonds. The van der Waals surface area contributed by atoms with Crippen molar-refractivity contribution in [1.29, 1.82) is 0 Å². The zero-order chi connectivity index (χ0) is 16.8. The second kappa shape index (κ2) is 8.37. The Morgan fingerprint density at radius 1 is 1.39 bits per heavy atom. The minimum absolute atomic E-state index is 0.0286. The molecular formula is C14H14ClNO5S2. The first-order valence-corrected chi connectivity index (χ1v) is 8.93. The predicted molar refractivity (Wildman–Crippen MR) is 88.5 cm³/mol. The van der Waals surface area contributed by atoms with Crippen molar-refractivity contribution in [3.05, 3.63) is 32.5 Å². The number of thiophene rings is 1. The summed E-state index contributed by atoms with van der Waals surface area (Å²) in [5.41, 5.74) is 0. The number of hydrogen-bond acceptors (Lipinski definition) is 7. The van der Waals surface area contributed by atoms with Gasteiger partial charge in [0.1, 0.15) is 11.5 Å². The number of halogens is 1. The van der Waals surface area contributed by atoms with Gasteiger partial charge in [0.15, 0.2) is 0 Å². The van der Waals surface area contributed by atoms with E-state index in [1.807, 2.05) is 0 Å². The van der Waals surface area contributed by atoms with Gasteiger partial charge in [-0.2, -0.15) is 0 Å². The average molecular weight is 376 g/mol. The zero-order valence-corrected chi connectivity index (χ0v) is 14.6. The van der Waals surface area contributed by atoms with Crippen LogP contribution in [0.3, 0.4) is 0 Å². The predicted octanol–water partition coefficient (Wildman–Crippen LogP) is 2.54. The van der Waals surface area contributed by atoms with Gasteiger partial charge in [0.05, 0.1) is 34.3 Å². The molecular weight excluding hydrogens is 362 g/mol. The Morgan fingerprint density at radius 3 is 2.83 bits per heavy atom. The number of esters is 2. The summed E-state index contributed by atoms with van der Waals surface area (Å²) >= 11 is 8.14. The average Bonchev–Trinajstić information content (AvgIpc) is 3.07. The van der Waals surface area contributed by atoms with Crippen molar-refractivity contribution >= 4 is 52.5 Å². The molecule has 1 aliphatic rings. The molecule has 1 fully saturated rings. The molecule has 0 atom stereocenters. The van der Waals surface area contributed by atoms with Gasteiger partial charge in [0.25, 0.3) is 0 Å². The summed E-state index contributed by atoms with van der Waals surface area (Å²) in [6, 6.07) is 3.20. The number of thioether (sulfide) groups is 1. The van der Waals surface area contributed by atoms with Crippen LogP contribution in [-0.4, -0.2) is 48.3 Å². The third-order valence-corrected chi connectivity index (χ3v) is 5.00. The fourth-order valence-corrected chi connectivity index (χ4v) is 3.67. The van der Waals surface area contributed by atoms with E-state index in [4.69, 9.17) is 21.1 Å². The highest BCUT2D eigenvalue weighted by molar-refractivity contribution is 8.04. The molecule has 6 nitrogen and oxygen atoms in total. The number of rotatable bonds is 6. The van der Waals surface area contributed by atoms with Crippen LogP contribution in [0.4, 0.5) is 0 Å². The maximum atomic E-state index is 11.8. The van der Waals surface area contributed by atoms with E-state index in [-0.39, 0.29) is 31.4 Å². The lowest BCUT2D eigenvalue weighted by molar-refractivity contribution is -0.137. The Morgan fingerprint density at radius 2 is 2.17 bits per heavy atom. The highest BCUT2D eigenvalue weighted by Gasteiger charge is 2.27. The molecule has 0 unspecified atom stereocenters. The van der Waals surface area contributed by atoms with E-state index in [0.717, 1.165) is 11.3 Å². The largest absolute Gasteiger partial charge is 0.463 e. The number of amides is 1. The van der Waals surface area contributed by atoms with Crippen molar-refractivity contribution in [1.82, 2.24) is 4.90 Å². The fraction of sp³-hybridized carbons (Fsp3) is 0.357. The Bertz CT molecular complexity index is 643. The summed E-state index contributed by atoms with van der Waals surface area (Å²) in [5.74, 6) is -0.877. The highest BCUT2D eigenvalue weighted by Crippen LogP contribution is 2.28. The normalized spacial score (nSPS) is 16.0. The van der Waals surface area contributed by atoms with Gasteiger partial charge < -0.3 is 14.4 Å². The van der Waals surface area contributed by atoms with Crippen LogP contribution >= 0.6 is 34.7 Å². The molecule has 0 bridgehead atoms. The Kier molecular flexibility index (Phi) is 6.49. The second-order valence-corrected chi connectivity index (χ2v) is 7.02. The fourth-order valence-electron chi connectivity index (χ4n) is 1.78. The van der Waals surface area contributed by atoms with Crippen LogP contribution in [0.15, 0.2) is 23.2 Å². The Hall–Kier alpha value is -1.51. The van der Waals surface area contributed by atoms with Crippen molar-refractivity contribution in [3.63, 3.8) is 0 Å². The van der Waals surface area contributed by atoms with Gasteiger partial charge in [0.2, 0.25) is 5.91 Å². The standard InChI is InChI=1S/C14H14ClNO5S2/c1-2-20-13(18)7-12-16(11(17)8-22-12)5-6-21-14(19)9-3-4-10(15)23-9/h3-4,7H,2,5-6,8H2,1H3/b12-7-. The molecule has 1 aromatic heterocycles. The van der Waals surface area contributed by atoms with Crippen LogP contribution < -0.4 is 0 Å². The number of carbonyl (C=O) groups is 3. The highest BCUT2D eigenvalue weighted by atomic mass is 35.5. The summed E-state index contributed by atoms with van der Waals surface area (Å²) < 4.78 is 10.4. The summed E-state index contributed by atoms with van der Waals surface area (Å²) in [4.78, 5) is 36.9. The monoisotopic (exact) mass is 375 g/mol. The first kappa shape index (κ1) is 17.8. The lowest BCUT2D eigenvalue weighted by Crippen LogP contribution is -2.29. The van der Waals surface area contributed by atoms with Crippen LogP contribution in [0.5, 0.6) is 0 Å². The van der Waals surface area contributed by atoms with Gasteiger partial charge >= 0.3 is 11.9 Å². The summed E-state index contributed by atoms with van der Waals surface area (Å²) in [6.07, 6.45) is 1.28. The molecule has 1 aromatic rings. The molecule has 9 heteroatoms. The lowest BCUT2D eigenvalue weighted by Gasteiger charge is -2.16. The first-order valence-electron chi connectivity index (χ1n) is 6.75.